The fourth-order valence-electron chi connectivity index (χ4n) is 2.78. The highest BCUT2D eigenvalue weighted by Gasteiger charge is 2.40. The molecule has 1 aliphatic carbocycles. The zero-order valence-corrected chi connectivity index (χ0v) is 11.6. The summed E-state index contributed by atoms with van der Waals surface area (Å²) < 4.78 is 5.78. The molecule has 104 valence electrons. The third kappa shape index (κ3) is 3.29. The molecule has 1 aromatic rings. The highest BCUT2D eigenvalue weighted by molar-refractivity contribution is 6.30. The Morgan fingerprint density at radius 3 is 2.68 bits per heavy atom. The largest absolute Gasteiger partial charge is 0.387 e. The average molecular weight is 282 g/mol. The van der Waals surface area contributed by atoms with Gasteiger partial charge in [0.1, 0.15) is 0 Å². The second-order valence-corrected chi connectivity index (χ2v) is 5.98. The number of ether oxygens (including phenoxy) is 1. The molecule has 3 unspecified atom stereocenters. The van der Waals surface area contributed by atoms with Crippen LogP contribution in [-0.2, 0) is 4.74 Å². The molecule has 2 fully saturated rings. The van der Waals surface area contributed by atoms with Crippen LogP contribution in [0.1, 0.15) is 30.9 Å². The lowest BCUT2D eigenvalue weighted by Gasteiger charge is -2.21. The summed E-state index contributed by atoms with van der Waals surface area (Å²) in [6, 6.07) is 7.77. The van der Waals surface area contributed by atoms with Crippen LogP contribution < -0.4 is 5.32 Å². The van der Waals surface area contributed by atoms with Gasteiger partial charge in [-0.1, -0.05) is 23.7 Å². The lowest BCUT2D eigenvalue weighted by atomic mass is 10.0. The molecule has 3 rings (SSSR count). The van der Waals surface area contributed by atoms with Crippen LogP contribution in [0.3, 0.4) is 0 Å². The fourth-order valence-corrected chi connectivity index (χ4v) is 2.91. The lowest BCUT2D eigenvalue weighted by molar-refractivity contribution is 0.0770. The predicted molar refractivity (Wildman–Crippen MR) is 75.3 cm³/mol. The maximum absolute atomic E-state index is 10.2. The average Bonchev–Trinajstić information content (AvgIpc) is 3.16. The number of halogens is 1. The Labute approximate surface area is 118 Å². The lowest BCUT2D eigenvalue weighted by Crippen LogP contribution is -2.39. The quantitative estimate of drug-likeness (QED) is 0.871. The van der Waals surface area contributed by atoms with Crippen LogP contribution >= 0.6 is 11.6 Å². The highest BCUT2D eigenvalue weighted by Crippen LogP contribution is 2.38. The number of rotatable bonds is 5. The van der Waals surface area contributed by atoms with E-state index in [1.165, 1.54) is 12.8 Å². The molecular formula is C15H20ClNO2. The number of aliphatic hydroxyl groups is 1. The van der Waals surface area contributed by atoms with Crippen molar-refractivity contribution in [1.29, 1.82) is 0 Å². The van der Waals surface area contributed by atoms with Crippen molar-refractivity contribution >= 4 is 11.6 Å². The van der Waals surface area contributed by atoms with Gasteiger partial charge in [-0.05, 0) is 42.9 Å². The van der Waals surface area contributed by atoms with Gasteiger partial charge in [0.15, 0.2) is 0 Å². The van der Waals surface area contributed by atoms with E-state index in [0.717, 1.165) is 24.5 Å². The first-order valence-electron chi connectivity index (χ1n) is 7.02. The zero-order valence-electron chi connectivity index (χ0n) is 10.9. The first-order valence-corrected chi connectivity index (χ1v) is 7.40. The number of hydrogen-bond donors (Lipinski definition) is 2. The Kier molecular flexibility index (Phi) is 4.08. The van der Waals surface area contributed by atoms with Crippen molar-refractivity contribution in [2.45, 2.75) is 37.5 Å². The van der Waals surface area contributed by atoms with Gasteiger partial charge in [-0.2, -0.15) is 0 Å². The van der Waals surface area contributed by atoms with Gasteiger partial charge in [0.2, 0.25) is 0 Å². The van der Waals surface area contributed by atoms with E-state index in [1.807, 2.05) is 24.3 Å². The molecule has 0 radical (unpaired) electrons. The van der Waals surface area contributed by atoms with E-state index >= 15 is 0 Å². The van der Waals surface area contributed by atoms with Gasteiger partial charge >= 0.3 is 0 Å². The van der Waals surface area contributed by atoms with Crippen LogP contribution in [0.15, 0.2) is 24.3 Å². The van der Waals surface area contributed by atoms with E-state index in [2.05, 4.69) is 5.32 Å². The van der Waals surface area contributed by atoms with E-state index in [9.17, 15) is 5.11 Å². The monoisotopic (exact) mass is 281 g/mol. The molecule has 3 atom stereocenters. The van der Waals surface area contributed by atoms with Crippen LogP contribution in [0, 0.1) is 5.92 Å². The number of benzene rings is 1. The smallest absolute Gasteiger partial charge is 0.0914 e. The topological polar surface area (TPSA) is 41.5 Å². The van der Waals surface area contributed by atoms with Crippen molar-refractivity contribution in [2.75, 3.05) is 13.2 Å². The highest BCUT2D eigenvalue weighted by atomic mass is 35.5. The van der Waals surface area contributed by atoms with Crippen molar-refractivity contribution in [2.24, 2.45) is 5.92 Å². The number of hydrogen-bond acceptors (Lipinski definition) is 3. The molecule has 4 heteroatoms. The van der Waals surface area contributed by atoms with Crippen molar-refractivity contribution in [3.05, 3.63) is 34.9 Å². The van der Waals surface area contributed by atoms with Crippen molar-refractivity contribution in [3.8, 4) is 0 Å². The van der Waals surface area contributed by atoms with E-state index in [0.29, 0.717) is 23.7 Å². The molecule has 1 aromatic carbocycles. The van der Waals surface area contributed by atoms with Crippen molar-refractivity contribution in [1.82, 2.24) is 5.32 Å². The Balaban J connectivity index is 1.52. The van der Waals surface area contributed by atoms with Crippen LogP contribution in [0.2, 0.25) is 5.02 Å². The van der Waals surface area contributed by atoms with Crippen LogP contribution in [0.25, 0.3) is 0 Å². The molecule has 1 saturated carbocycles. The molecule has 2 N–H and O–H groups in total. The van der Waals surface area contributed by atoms with Gasteiger partial charge < -0.3 is 15.2 Å². The number of aliphatic hydroxyl groups excluding tert-OH is 1. The van der Waals surface area contributed by atoms with Crippen molar-refractivity contribution < 1.29 is 9.84 Å². The molecule has 1 heterocycles. The molecular weight excluding hydrogens is 262 g/mol. The number of nitrogens with one attached hydrogen (secondary N) is 1. The Bertz CT molecular complexity index is 419. The summed E-state index contributed by atoms with van der Waals surface area (Å²) in [5, 5.41) is 14.3. The molecule has 1 aliphatic heterocycles. The van der Waals surface area contributed by atoms with Gasteiger partial charge in [-0.3, -0.25) is 0 Å². The fraction of sp³-hybridized carbons (Fsp3) is 0.600. The van der Waals surface area contributed by atoms with Gasteiger partial charge in [-0.15, -0.1) is 0 Å². The van der Waals surface area contributed by atoms with E-state index in [4.69, 9.17) is 16.3 Å². The molecule has 1 saturated heterocycles. The van der Waals surface area contributed by atoms with E-state index < -0.39 is 6.10 Å². The molecule has 0 aromatic heterocycles. The minimum atomic E-state index is -0.488. The molecule has 3 nitrogen and oxygen atoms in total. The maximum atomic E-state index is 10.2. The third-order valence-corrected chi connectivity index (χ3v) is 4.30. The summed E-state index contributed by atoms with van der Waals surface area (Å²) in [6.45, 7) is 1.41. The van der Waals surface area contributed by atoms with E-state index in [1.54, 1.807) is 0 Å². The first-order chi connectivity index (χ1) is 9.24. The summed E-state index contributed by atoms with van der Waals surface area (Å²) in [6.07, 6.45) is 3.51. The summed E-state index contributed by atoms with van der Waals surface area (Å²) in [5.41, 5.74) is 0.902. The van der Waals surface area contributed by atoms with Crippen LogP contribution in [0.5, 0.6) is 0 Å². The standard InChI is InChI=1S/C15H20ClNO2/c16-12-5-3-10(4-6-12)14(18)9-17-13-7-8-19-15(13)11-1-2-11/h3-6,11,13-15,17-18H,1-2,7-9H2. The SMILES string of the molecule is OC(CNC1CCOC1C1CC1)c1ccc(Cl)cc1. The summed E-state index contributed by atoms with van der Waals surface area (Å²) in [4.78, 5) is 0. The predicted octanol–water partition coefficient (Wildman–Crippen LogP) is 2.53. The molecule has 0 bridgehead atoms. The molecule has 2 aliphatic rings. The zero-order chi connectivity index (χ0) is 13.2. The summed E-state index contributed by atoms with van der Waals surface area (Å²) >= 11 is 5.84. The maximum Gasteiger partial charge on any atom is 0.0914 e. The van der Waals surface area contributed by atoms with Gasteiger partial charge in [0, 0.05) is 24.2 Å². The normalized spacial score (nSPS) is 28.5. The Hall–Kier alpha value is -0.610. The van der Waals surface area contributed by atoms with Crippen LogP contribution in [0.4, 0.5) is 0 Å². The minimum Gasteiger partial charge on any atom is -0.387 e. The Morgan fingerprint density at radius 1 is 1.26 bits per heavy atom. The van der Waals surface area contributed by atoms with Crippen LogP contribution in [-0.4, -0.2) is 30.4 Å². The Morgan fingerprint density at radius 2 is 2.00 bits per heavy atom. The van der Waals surface area contributed by atoms with E-state index in [-0.39, 0.29) is 0 Å². The first kappa shape index (κ1) is 13.4. The minimum absolute atomic E-state index is 0.359. The van der Waals surface area contributed by atoms with Gasteiger partial charge in [0.25, 0.3) is 0 Å². The third-order valence-electron chi connectivity index (χ3n) is 4.05. The molecule has 19 heavy (non-hydrogen) atoms. The summed E-state index contributed by atoms with van der Waals surface area (Å²) in [7, 11) is 0. The van der Waals surface area contributed by atoms with Crippen molar-refractivity contribution in [3.63, 3.8) is 0 Å². The summed E-state index contributed by atoms with van der Waals surface area (Å²) in [5.74, 6) is 0.743. The second-order valence-electron chi connectivity index (χ2n) is 5.54. The second kappa shape index (κ2) is 5.80. The van der Waals surface area contributed by atoms with Gasteiger partial charge in [-0.25, -0.2) is 0 Å². The molecule has 0 amide bonds. The molecule has 0 spiro atoms. The van der Waals surface area contributed by atoms with Gasteiger partial charge in [0.05, 0.1) is 12.2 Å².